The molecule has 0 saturated carbocycles. The molecule has 19 heavy (non-hydrogen) atoms. The van der Waals surface area contributed by atoms with Crippen LogP contribution in [0.4, 0.5) is 5.69 Å². The van der Waals surface area contributed by atoms with Gasteiger partial charge in [-0.05, 0) is 24.1 Å². The molecule has 0 aromatic heterocycles. The zero-order chi connectivity index (χ0) is 14.2. The fourth-order valence-corrected chi connectivity index (χ4v) is 1.94. The van der Waals surface area contributed by atoms with Gasteiger partial charge in [0.2, 0.25) is 5.91 Å². The highest BCUT2D eigenvalue weighted by Crippen LogP contribution is 2.22. The van der Waals surface area contributed by atoms with Gasteiger partial charge in [0.25, 0.3) is 5.91 Å². The first-order valence-corrected chi connectivity index (χ1v) is 5.89. The van der Waals surface area contributed by atoms with E-state index >= 15 is 0 Å². The Labute approximate surface area is 109 Å². The number of nitrogens with one attached hydrogen (secondary N) is 2. The number of aromatic carboxylic acids is 1. The monoisotopic (exact) mass is 262 g/mol. The number of rotatable bonds is 2. The van der Waals surface area contributed by atoms with Gasteiger partial charge in [-0.25, -0.2) is 4.79 Å². The van der Waals surface area contributed by atoms with Gasteiger partial charge in [0.15, 0.2) is 0 Å². The maximum atomic E-state index is 12.0. The third-order valence-corrected chi connectivity index (χ3v) is 3.00. The molecule has 0 spiro atoms. The largest absolute Gasteiger partial charge is 0.478 e. The molecule has 0 fully saturated rings. The molecular weight excluding hydrogens is 248 g/mol. The molecule has 1 heterocycles. The number of carbonyl (C=O) groups is 3. The van der Waals surface area contributed by atoms with Crippen LogP contribution in [0.15, 0.2) is 18.2 Å². The van der Waals surface area contributed by atoms with Gasteiger partial charge in [0.1, 0.15) is 6.04 Å². The Morgan fingerprint density at radius 2 is 2.00 bits per heavy atom. The van der Waals surface area contributed by atoms with E-state index in [1.54, 1.807) is 0 Å². The summed E-state index contributed by atoms with van der Waals surface area (Å²) in [5.41, 5.74) is 0.516. The van der Waals surface area contributed by atoms with Crippen molar-refractivity contribution in [3.63, 3.8) is 0 Å². The maximum absolute atomic E-state index is 12.0. The van der Waals surface area contributed by atoms with Gasteiger partial charge >= 0.3 is 5.97 Å². The number of hydrogen-bond acceptors (Lipinski definition) is 3. The number of carboxylic acid groups (broad SMARTS) is 1. The van der Waals surface area contributed by atoms with E-state index in [-0.39, 0.29) is 34.5 Å². The van der Waals surface area contributed by atoms with Crippen molar-refractivity contribution in [3.8, 4) is 0 Å². The predicted octanol–water partition coefficient (Wildman–Crippen LogP) is 1.09. The van der Waals surface area contributed by atoms with Crippen molar-refractivity contribution in [3.05, 3.63) is 29.3 Å². The number of benzene rings is 1. The first-order valence-electron chi connectivity index (χ1n) is 5.89. The second-order valence-electron chi connectivity index (χ2n) is 4.75. The van der Waals surface area contributed by atoms with Crippen LogP contribution < -0.4 is 10.6 Å². The maximum Gasteiger partial charge on any atom is 0.335 e. The number of anilines is 1. The lowest BCUT2D eigenvalue weighted by Gasteiger charge is -2.17. The zero-order valence-corrected chi connectivity index (χ0v) is 10.6. The first-order chi connectivity index (χ1) is 8.90. The van der Waals surface area contributed by atoms with Crippen molar-refractivity contribution >= 4 is 23.5 Å². The van der Waals surface area contributed by atoms with Crippen molar-refractivity contribution < 1.29 is 19.5 Å². The molecule has 0 bridgehead atoms. The van der Waals surface area contributed by atoms with Crippen molar-refractivity contribution in [1.82, 2.24) is 5.32 Å². The average molecular weight is 262 g/mol. The fourth-order valence-electron chi connectivity index (χ4n) is 1.94. The van der Waals surface area contributed by atoms with Gasteiger partial charge in [-0.2, -0.15) is 0 Å². The van der Waals surface area contributed by atoms with Crippen molar-refractivity contribution in [2.75, 3.05) is 5.32 Å². The lowest BCUT2D eigenvalue weighted by atomic mass is 10.0. The van der Waals surface area contributed by atoms with E-state index in [9.17, 15) is 14.4 Å². The van der Waals surface area contributed by atoms with Gasteiger partial charge in [-0.15, -0.1) is 0 Å². The van der Waals surface area contributed by atoms with Gasteiger partial charge < -0.3 is 15.7 Å². The molecule has 100 valence electrons. The van der Waals surface area contributed by atoms with Crippen LogP contribution in [0.3, 0.4) is 0 Å². The van der Waals surface area contributed by atoms with Crippen LogP contribution in [0.25, 0.3) is 0 Å². The van der Waals surface area contributed by atoms with Crippen molar-refractivity contribution in [1.29, 1.82) is 0 Å². The van der Waals surface area contributed by atoms with Gasteiger partial charge in [0.05, 0.1) is 16.8 Å². The van der Waals surface area contributed by atoms with E-state index in [0.29, 0.717) is 0 Å². The summed E-state index contributed by atoms with van der Waals surface area (Å²) in [6, 6.07) is 3.39. The Morgan fingerprint density at radius 1 is 1.32 bits per heavy atom. The van der Waals surface area contributed by atoms with E-state index in [4.69, 9.17) is 5.11 Å². The van der Waals surface area contributed by atoms with Gasteiger partial charge in [0, 0.05) is 0 Å². The summed E-state index contributed by atoms with van der Waals surface area (Å²) in [4.78, 5) is 34.9. The van der Waals surface area contributed by atoms with Crippen LogP contribution in [0.5, 0.6) is 0 Å². The average Bonchev–Trinajstić information content (AvgIpc) is 2.46. The molecule has 1 aromatic carbocycles. The Kier molecular flexibility index (Phi) is 3.25. The summed E-state index contributed by atoms with van der Waals surface area (Å²) < 4.78 is 0. The van der Waals surface area contributed by atoms with E-state index in [0.717, 1.165) is 0 Å². The predicted molar refractivity (Wildman–Crippen MR) is 68.1 cm³/mol. The van der Waals surface area contributed by atoms with E-state index in [1.807, 2.05) is 13.8 Å². The minimum atomic E-state index is -1.11. The van der Waals surface area contributed by atoms with Crippen LogP contribution in [0.2, 0.25) is 0 Å². The smallest absolute Gasteiger partial charge is 0.335 e. The van der Waals surface area contributed by atoms with Crippen LogP contribution >= 0.6 is 0 Å². The molecule has 1 aliphatic heterocycles. The third-order valence-electron chi connectivity index (χ3n) is 3.00. The number of fused-ring (bicyclic) bond motifs is 1. The summed E-state index contributed by atoms with van der Waals surface area (Å²) in [7, 11) is 0. The third kappa shape index (κ3) is 2.42. The molecule has 3 N–H and O–H groups in total. The molecule has 2 rings (SSSR count). The van der Waals surface area contributed by atoms with Gasteiger partial charge in [-0.1, -0.05) is 13.8 Å². The standard InChI is InChI=1S/C13H14N2O4/c1-6(2)10-12(17)14-9-5-7(13(18)19)3-4-8(9)11(16)15-10/h3-6,10H,1-2H3,(H,14,17)(H,15,16)(H,18,19). The quantitative estimate of drug-likeness (QED) is 0.743. The molecule has 1 aliphatic rings. The number of hydrogen-bond donors (Lipinski definition) is 3. The summed E-state index contributed by atoms with van der Waals surface area (Å²) in [5, 5.41) is 14.1. The summed E-state index contributed by atoms with van der Waals surface area (Å²) in [6.07, 6.45) is 0. The summed E-state index contributed by atoms with van der Waals surface area (Å²) in [6.45, 7) is 3.65. The number of carbonyl (C=O) groups excluding carboxylic acids is 2. The molecule has 6 nitrogen and oxygen atoms in total. The topological polar surface area (TPSA) is 95.5 Å². The first kappa shape index (κ1) is 13.1. The Balaban J connectivity index is 2.45. The lowest BCUT2D eigenvalue weighted by Crippen LogP contribution is -2.44. The molecular formula is C13H14N2O4. The fraction of sp³-hybridized carbons (Fsp3) is 0.308. The summed E-state index contributed by atoms with van der Waals surface area (Å²) >= 11 is 0. The SMILES string of the molecule is CC(C)C1NC(=O)c2ccc(C(=O)O)cc2NC1=O. The molecule has 0 radical (unpaired) electrons. The molecule has 0 aliphatic carbocycles. The molecule has 1 atom stereocenters. The normalized spacial score (nSPS) is 18.4. The Morgan fingerprint density at radius 3 is 2.58 bits per heavy atom. The molecule has 6 heteroatoms. The molecule has 1 aromatic rings. The number of amides is 2. The second kappa shape index (κ2) is 4.72. The van der Waals surface area contributed by atoms with Crippen LogP contribution in [-0.2, 0) is 4.79 Å². The van der Waals surface area contributed by atoms with Crippen LogP contribution in [0, 0.1) is 5.92 Å². The minimum absolute atomic E-state index is 0.0230. The van der Waals surface area contributed by atoms with E-state index < -0.39 is 12.0 Å². The number of carboxylic acids is 1. The Bertz CT molecular complexity index is 566. The summed E-state index contributed by atoms with van der Waals surface area (Å²) in [5.74, 6) is -1.90. The molecule has 0 saturated heterocycles. The Hall–Kier alpha value is -2.37. The van der Waals surface area contributed by atoms with Gasteiger partial charge in [-0.3, -0.25) is 9.59 Å². The van der Waals surface area contributed by atoms with E-state index in [1.165, 1.54) is 18.2 Å². The highest BCUT2D eigenvalue weighted by molar-refractivity contribution is 6.10. The van der Waals surface area contributed by atoms with Crippen LogP contribution in [-0.4, -0.2) is 28.9 Å². The molecule has 2 amide bonds. The highest BCUT2D eigenvalue weighted by atomic mass is 16.4. The molecule has 1 unspecified atom stereocenters. The van der Waals surface area contributed by atoms with Crippen LogP contribution in [0.1, 0.15) is 34.6 Å². The highest BCUT2D eigenvalue weighted by Gasteiger charge is 2.30. The zero-order valence-electron chi connectivity index (χ0n) is 10.6. The van der Waals surface area contributed by atoms with Crippen molar-refractivity contribution in [2.45, 2.75) is 19.9 Å². The lowest BCUT2D eigenvalue weighted by molar-refractivity contribution is -0.118. The second-order valence-corrected chi connectivity index (χ2v) is 4.75. The van der Waals surface area contributed by atoms with Crippen molar-refractivity contribution in [2.24, 2.45) is 5.92 Å². The van der Waals surface area contributed by atoms with E-state index in [2.05, 4.69) is 10.6 Å². The minimum Gasteiger partial charge on any atom is -0.478 e.